The maximum Gasteiger partial charge on any atom is 0.348 e. The minimum absolute atomic E-state index is 0.127. The van der Waals surface area contributed by atoms with Crippen LogP contribution in [0, 0.1) is 17.0 Å². The molecule has 13 heavy (non-hydrogen) atoms. The summed E-state index contributed by atoms with van der Waals surface area (Å²) in [4.78, 5) is 17.4. The first-order valence-electron chi connectivity index (χ1n) is 3.42. The fourth-order valence-electron chi connectivity index (χ4n) is 0.869. The summed E-state index contributed by atoms with van der Waals surface area (Å²) in [6.07, 6.45) is 0. The molecule has 0 fully saturated rings. The molecule has 0 saturated heterocycles. The maximum atomic E-state index is 10.5. The molecule has 6 nitrogen and oxygen atoms in total. The van der Waals surface area contributed by atoms with Gasteiger partial charge in [-0.2, -0.15) is 0 Å². The van der Waals surface area contributed by atoms with Crippen LogP contribution in [0.1, 0.15) is 5.82 Å². The molecule has 0 spiro atoms. The molecule has 0 saturated carbocycles. The van der Waals surface area contributed by atoms with Crippen molar-refractivity contribution in [1.82, 2.24) is 9.97 Å². The van der Waals surface area contributed by atoms with E-state index in [0.717, 1.165) is 0 Å². The Morgan fingerprint density at radius 1 is 1.54 bits per heavy atom. The van der Waals surface area contributed by atoms with Crippen molar-refractivity contribution in [1.29, 1.82) is 0 Å². The molecule has 0 bridgehead atoms. The summed E-state index contributed by atoms with van der Waals surface area (Å²) in [6.45, 7) is 1.61. The van der Waals surface area contributed by atoms with Crippen molar-refractivity contribution >= 4 is 23.1 Å². The second-order valence-electron chi connectivity index (χ2n) is 2.27. The van der Waals surface area contributed by atoms with Crippen LogP contribution in [0.2, 0.25) is 5.15 Å². The molecule has 0 aliphatic heterocycles. The largest absolute Gasteiger partial charge is 0.367 e. The van der Waals surface area contributed by atoms with Gasteiger partial charge in [0.05, 0.1) is 4.92 Å². The minimum Gasteiger partial charge on any atom is -0.367 e. The molecule has 0 radical (unpaired) electrons. The Balaban J connectivity index is 3.38. The van der Waals surface area contributed by atoms with E-state index >= 15 is 0 Å². The van der Waals surface area contributed by atoms with E-state index in [9.17, 15) is 10.1 Å². The number of nitro groups is 1. The number of aryl methyl sites for hydroxylation is 1. The van der Waals surface area contributed by atoms with Gasteiger partial charge in [0.2, 0.25) is 11.0 Å². The van der Waals surface area contributed by atoms with Gasteiger partial charge in [-0.25, -0.2) is 9.97 Å². The maximum absolute atomic E-state index is 10.5. The Morgan fingerprint density at radius 3 is 2.62 bits per heavy atom. The van der Waals surface area contributed by atoms with Crippen LogP contribution in [0.4, 0.5) is 11.5 Å². The van der Waals surface area contributed by atoms with Crippen LogP contribution in [0.5, 0.6) is 0 Å². The van der Waals surface area contributed by atoms with E-state index in [2.05, 4.69) is 15.3 Å². The van der Waals surface area contributed by atoms with Crippen LogP contribution < -0.4 is 5.32 Å². The van der Waals surface area contributed by atoms with Gasteiger partial charge in [-0.1, -0.05) is 11.6 Å². The first-order valence-corrected chi connectivity index (χ1v) is 3.80. The number of anilines is 1. The van der Waals surface area contributed by atoms with E-state index < -0.39 is 4.92 Å². The van der Waals surface area contributed by atoms with Crippen molar-refractivity contribution in [2.45, 2.75) is 6.92 Å². The third-order valence-electron chi connectivity index (χ3n) is 1.37. The van der Waals surface area contributed by atoms with Crippen molar-refractivity contribution in [3.63, 3.8) is 0 Å². The second-order valence-corrected chi connectivity index (χ2v) is 2.62. The van der Waals surface area contributed by atoms with E-state index in [-0.39, 0.29) is 16.7 Å². The van der Waals surface area contributed by atoms with Gasteiger partial charge in [0.15, 0.2) is 0 Å². The Labute approximate surface area is 79.1 Å². The molecule has 7 heteroatoms. The van der Waals surface area contributed by atoms with Crippen LogP contribution in [-0.2, 0) is 0 Å². The summed E-state index contributed by atoms with van der Waals surface area (Å²) >= 11 is 5.58. The molecule has 0 amide bonds. The zero-order chi connectivity index (χ0) is 10.0. The van der Waals surface area contributed by atoms with Crippen molar-refractivity contribution in [3.05, 3.63) is 21.1 Å². The predicted molar refractivity (Wildman–Crippen MR) is 48.0 cm³/mol. The molecule has 1 aromatic heterocycles. The first kappa shape index (κ1) is 9.66. The molecule has 0 unspecified atom stereocenters. The fourth-order valence-corrected chi connectivity index (χ4v) is 1.15. The molecule has 1 rings (SSSR count). The van der Waals surface area contributed by atoms with Gasteiger partial charge < -0.3 is 5.32 Å². The standard InChI is InChI=1S/C6H7ClN4O2/c1-3-9-5(7)4(11(12)13)6(8-2)10-3/h1-2H3,(H,8,9,10). The molecule has 1 aromatic rings. The minimum atomic E-state index is -0.617. The van der Waals surface area contributed by atoms with Crippen LogP contribution in [0.3, 0.4) is 0 Å². The smallest absolute Gasteiger partial charge is 0.348 e. The molecule has 1 N–H and O–H groups in total. The number of hydrogen-bond acceptors (Lipinski definition) is 5. The zero-order valence-corrected chi connectivity index (χ0v) is 7.79. The van der Waals surface area contributed by atoms with Crippen LogP contribution in [-0.4, -0.2) is 21.9 Å². The van der Waals surface area contributed by atoms with Crippen molar-refractivity contribution < 1.29 is 4.92 Å². The quantitative estimate of drug-likeness (QED) is 0.445. The van der Waals surface area contributed by atoms with Gasteiger partial charge in [0, 0.05) is 7.05 Å². The van der Waals surface area contributed by atoms with Gasteiger partial charge in [0.1, 0.15) is 5.82 Å². The van der Waals surface area contributed by atoms with Crippen molar-refractivity contribution in [2.24, 2.45) is 0 Å². The molecular weight excluding hydrogens is 196 g/mol. The highest BCUT2D eigenvalue weighted by Gasteiger charge is 2.21. The number of rotatable bonds is 2. The van der Waals surface area contributed by atoms with E-state index in [4.69, 9.17) is 11.6 Å². The third-order valence-corrected chi connectivity index (χ3v) is 1.64. The van der Waals surface area contributed by atoms with Gasteiger partial charge in [-0.05, 0) is 6.92 Å². The topological polar surface area (TPSA) is 81.0 Å². The SMILES string of the molecule is CNc1nc(C)nc(Cl)c1[N+](=O)[O-]. The lowest BCUT2D eigenvalue weighted by atomic mass is 10.4. The Hall–Kier alpha value is -1.43. The van der Waals surface area contributed by atoms with Gasteiger partial charge in [0.25, 0.3) is 0 Å². The average Bonchev–Trinajstić information content (AvgIpc) is 2.01. The van der Waals surface area contributed by atoms with Crippen LogP contribution >= 0.6 is 11.6 Å². The first-order chi connectivity index (χ1) is 6.06. The highest BCUT2D eigenvalue weighted by molar-refractivity contribution is 6.31. The van der Waals surface area contributed by atoms with Crippen LogP contribution in [0.15, 0.2) is 0 Å². The average molecular weight is 203 g/mol. The fraction of sp³-hybridized carbons (Fsp3) is 0.333. The Morgan fingerprint density at radius 2 is 2.15 bits per heavy atom. The highest BCUT2D eigenvalue weighted by Crippen LogP contribution is 2.28. The van der Waals surface area contributed by atoms with Gasteiger partial charge in [-0.3, -0.25) is 10.1 Å². The lowest BCUT2D eigenvalue weighted by Gasteiger charge is -2.02. The summed E-state index contributed by atoms with van der Waals surface area (Å²) < 4.78 is 0. The summed E-state index contributed by atoms with van der Waals surface area (Å²) in [6, 6.07) is 0. The third kappa shape index (κ3) is 1.83. The molecular formula is C6H7ClN4O2. The Kier molecular flexibility index (Phi) is 2.62. The summed E-state index contributed by atoms with van der Waals surface area (Å²) in [5, 5.41) is 12.9. The van der Waals surface area contributed by atoms with Crippen LogP contribution in [0.25, 0.3) is 0 Å². The number of hydrogen-bond donors (Lipinski definition) is 1. The van der Waals surface area contributed by atoms with E-state index in [1.807, 2.05) is 0 Å². The van der Waals surface area contributed by atoms with Gasteiger partial charge >= 0.3 is 5.69 Å². The number of nitrogens with zero attached hydrogens (tertiary/aromatic N) is 3. The zero-order valence-electron chi connectivity index (χ0n) is 7.04. The summed E-state index contributed by atoms with van der Waals surface area (Å²) in [5.74, 6) is 0.516. The molecule has 0 aliphatic rings. The predicted octanol–water partition coefficient (Wildman–Crippen LogP) is 1.39. The summed E-state index contributed by atoms with van der Waals surface area (Å²) in [5.41, 5.74) is -0.297. The molecule has 0 aliphatic carbocycles. The normalized spacial score (nSPS) is 9.77. The molecule has 1 heterocycles. The lowest BCUT2D eigenvalue weighted by Crippen LogP contribution is -2.03. The van der Waals surface area contributed by atoms with Crippen molar-refractivity contribution in [3.8, 4) is 0 Å². The number of nitrogens with one attached hydrogen (secondary N) is 1. The Bertz CT molecular complexity index is 355. The number of aromatic nitrogens is 2. The second kappa shape index (κ2) is 3.53. The molecule has 70 valence electrons. The van der Waals surface area contributed by atoms with Gasteiger partial charge in [-0.15, -0.1) is 0 Å². The molecule has 0 aromatic carbocycles. The molecule has 0 atom stereocenters. The van der Waals surface area contributed by atoms with E-state index in [0.29, 0.717) is 5.82 Å². The number of halogens is 1. The highest BCUT2D eigenvalue weighted by atomic mass is 35.5. The lowest BCUT2D eigenvalue weighted by molar-refractivity contribution is -0.384. The monoisotopic (exact) mass is 202 g/mol. The van der Waals surface area contributed by atoms with E-state index in [1.165, 1.54) is 7.05 Å². The van der Waals surface area contributed by atoms with Crippen molar-refractivity contribution in [2.75, 3.05) is 12.4 Å². The summed E-state index contributed by atoms with van der Waals surface area (Å²) in [7, 11) is 1.53. The van der Waals surface area contributed by atoms with E-state index in [1.54, 1.807) is 6.92 Å².